The smallest absolute Gasteiger partial charge is 0.315 e. The average Bonchev–Trinajstić information content (AvgIpc) is 2.38. The molecule has 2 bridgehead atoms. The zero-order valence-corrected chi connectivity index (χ0v) is 13.7. The highest BCUT2D eigenvalue weighted by Gasteiger charge is 2.48. The molecule has 0 aromatic rings. The van der Waals surface area contributed by atoms with Crippen LogP contribution in [0.1, 0.15) is 58.8 Å². The van der Waals surface area contributed by atoms with Gasteiger partial charge in [-0.15, -0.1) is 0 Å². The molecule has 0 radical (unpaired) electrons. The summed E-state index contributed by atoms with van der Waals surface area (Å²) in [6.07, 6.45) is 7.31. The van der Waals surface area contributed by atoms with Gasteiger partial charge in [0.1, 0.15) is 0 Å². The van der Waals surface area contributed by atoms with E-state index in [2.05, 4.69) is 17.6 Å². The summed E-state index contributed by atoms with van der Waals surface area (Å²) < 4.78 is 0. The van der Waals surface area contributed by atoms with Gasteiger partial charge in [0.2, 0.25) is 5.91 Å². The van der Waals surface area contributed by atoms with Crippen molar-refractivity contribution in [3.05, 3.63) is 0 Å². The van der Waals surface area contributed by atoms with E-state index in [-0.39, 0.29) is 18.0 Å². The summed E-state index contributed by atoms with van der Waals surface area (Å²) in [5.74, 6) is 1.22. The van der Waals surface area contributed by atoms with E-state index in [9.17, 15) is 9.59 Å². The van der Waals surface area contributed by atoms with Gasteiger partial charge in [-0.05, 0) is 62.7 Å². The van der Waals surface area contributed by atoms with Crippen molar-refractivity contribution in [1.82, 2.24) is 10.6 Å². The molecule has 5 nitrogen and oxygen atoms in total. The lowest BCUT2D eigenvalue weighted by Gasteiger charge is -2.50. The van der Waals surface area contributed by atoms with Crippen molar-refractivity contribution in [2.24, 2.45) is 28.9 Å². The maximum Gasteiger partial charge on any atom is 0.315 e. The van der Waals surface area contributed by atoms with Crippen LogP contribution in [0.4, 0.5) is 4.79 Å². The molecule has 3 aliphatic rings. The number of nitrogens with two attached hydrogens (primary N) is 1. The van der Waals surface area contributed by atoms with Crippen LogP contribution in [0.15, 0.2) is 0 Å². The van der Waals surface area contributed by atoms with Crippen LogP contribution in [0.25, 0.3) is 0 Å². The second-order valence-corrected chi connectivity index (χ2v) is 8.18. The van der Waals surface area contributed by atoms with E-state index in [0.29, 0.717) is 23.8 Å². The molecule has 0 spiro atoms. The fourth-order valence-electron chi connectivity index (χ4n) is 4.88. The van der Waals surface area contributed by atoms with E-state index in [1.165, 1.54) is 6.42 Å². The van der Waals surface area contributed by atoms with E-state index < -0.39 is 5.41 Å². The monoisotopic (exact) mass is 307 g/mol. The highest BCUT2D eigenvalue weighted by Crippen LogP contribution is 2.50. The average molecular weight is 307 g/mol. The Morgan fingerprint density at radius 1 is 1.14 bits per heavy atom. The van der Waals surface area contributed by atoms with Gasteiger partial charge < -0.3 is 16.4 Å². The normalized spacial score (nSPS) is 41.4. The molecule has 0 heterocycles. The lowest BCUT2D eigenvalue weighted by molar-refractivity contribution is -0.132. The quantitative estimate of drug-likeness (QED) is 0.746. The van der Waals surface area contributed by atoms with Gasteiger partial charge in [-0.1, -0.05) is 13.8 Å². The highest BCUT2D eigenvalue weighted by molar-refractivity contribution is 5.80. The number of amides is 3. The maximum absolute atomic E-state index is 12.2. The largest absolute Gasteiger partial charge is 0.369 e. The maximum atomic E-state index is 12.2. The lowest BCUT2D eigenvalue weighted by Crippen LogP contribution is -2.57. The first-order valence-corrected chi connectivity index (χ1v) is 8.74. The topological polar surface area (TPSA) is 84.2 Å². The van der Waals surface area contributed by atoms with Crippen molar-refractivity contribution in [3.63, 3.8) is 0 Å². The van der Waals surface area contributed by atoms with Crippen molar-refractivity contribution in [1.29, 1.82) is 0 Å². The fraction of sp³-hybridized carbons (Fsp3) is 0.882. The number of hydrogen-bond donors (Lipinski definition) is 3. The summed E-state index contributed by atoms with van der Waals surface area (Å²) in [5, 5.41) is 6.26. The summed E-state index contributed by atoms with van der Waals surface area (Å²) in [5.41, 5.74) is 5.23. The van der Waals surface area contributed by atoms with Crippen LogP contribution in [0, 0.1) is 23.2 Å². The van der Waals surface area contributed by atoms with Crippen molar-refractivity contribution in [2.45, 2.75) is 70.9 Å². The minimum Gasteiger partial charge on any atom is -0.369 e. The number of carbonyl (C=O) groups excluding carboxylic acids is 2. The van der Waals surface area contributed by atoms with Gasteiger partial charge in [0.15, 0.2) is 0 Å². The summed E-state index contributed by atoms with van der Waals surface area (Å²) >= 11 is 0. The van der Waals surface area contributed by atoms with E-state index in [0.717, 1.165) is 38.5 Å². The molecule has 0 aliphatic heterocycles. The van der Waals surface area contributed by atoms with Crippen LogP contribution in [0.3, 0.4) is 0 Å². The Labute approximate surface area is 132 Å². The van der Waals surface area contributed by atoms with Crippen LogP contribution < -0.4 is 16.4 Å². The number of primary amides is 1. The lowest BCUT2D eigenvalue weighted by atomic mass is 9.57. The molecular weight excluding hydrogens is 278 g/mol. The number of nitrogens with one attached hydrogen (secondary N) is 2. The van der Waals surface area contributed by atoms with Crippen molar-refractivity contribution < 1.29 is 9.59 Å². The SMILES string of the molecule is CC1CC2CC(CC(C)(C(N)=O)C2)C1NC(=O)NC1CCC1. The van der Waals surface area contributed by atoms with Gasteiger partial charge >= 0.3 is 6.03 Å². The Morgan fingerprint density at radius 2 is 1.86 bits per heavy atom. The van der Waals surface area contributed by atoms with Gasteiger partial charge in [0.05, 0.1) is 0 Å². The first-order chi connectivity index (χ1) is 10.4. The van der Waals surface area contributed by atoms with Gasteiger partial charge in [0, 0.05) is 17.5 Å². The molecule has 3 rings (SSSR count). The van der Waals surface area contributed by atoms with Crippen molar-refractivity contribution in [3.8, 4) is 0 Å². The van der Waals surface area contributed by atoms with Crippen LogP contribution in [0.5, 0.6) is 0 Å². The first-order valence-electron chi connectivity index (χ1n) is 8.74. The standard InChI is InChI=1S/C17H29N3O2/c1-10-6-11-7-12(9-17(2,8-11)15(18)21)14(10)20-16(22)19-13-4-3-5-13/h10-14H,3-9H2,1-2H3,(H2,18,21)(H2,19,20,22). The molecule has 4 N–H and O–H groups in total. The summed E-state index contributed by atoms with van der Waals surface area (Å²) in [4.78, 5) is 24.0. The zero-order chi connectivity index (χ0) is 15.9. The molecule has 5 unspecified atom stereocenters. The Bertz CT molecular complexity index is 461. The predicted molar refractivity (Wildman–Crippen MR) is 85.0 cm³/mol. The molecule has 3 aliphatic carbocycles. The zero-order valence-electron chi connectivity index (χ0n) is 13.7. The van der Waals surface area contributed by atoms with E-state index in [1.54, 1.807) is 0 Å². The molecule has 5 heteroatoms. The number of fused-ring (bicyclic) bond motifs is 2. The minimum atomic E-state index is -0.405. The Morgan fingerprint density at radius 3 is 2.45 bits per heavy atom. The number of hydrogen-bond acceptors (Lipinski definition) is 2. The van der Waals surface area contributed by atoms with Gasteiger partial charge in [0.25, 0.3) is 0 Å². The van der Waals surface area contributed by atoms with Crippen LogP contribution >= 0.6 is 0 Å². The summed E-state index contributed by atoms with van der Waals surface area (Å²) in [7, 11) is 0. The van der Waals surface area contributed by atoms with Gasteiger partial charge in [-0.3, -0.25) is 4.79 Å². The molecule has 0 aromatic heterocycles. The number of urea groups is 1. The summed E-state index contributed by atoms with van der Waals surface area (Å²) in [6, 6.07) is 0.482. The van der Waals surface area contributed by atoms with Gasteiger partial charge in [-0.25, -0.2) is 4.79 Å². The number of carbonyl (C=O) groups is 2. The molecule has 124 valence electrons. The van der Waals surface area contributed by atoms with Crippen LogP contribution in [0.2, 0.25) is 0 Å². The summed E-state index contributed by atoms with van der Waals surface area (Å²) in [6.45, 7) is 4.22. The Kier molecular flexibility index (Phi) is 4.08. The minimum absolute atomic E-state index is 0.0358. The van der Waals surface area contributed by atoms with Gasteiger partial charge in [-0.2, -0.15) is 0 Å². The van der Waals surface area contributed by atoms with Crippen molar-refractivity contribution in [2.75, 3.05) is 0 Å². The molecule has 3 saturated carbocycles. The van der Waals surface area contributed by atoms with E-state index >= 15 is 0 Å². The number of rotatable bonds is 3. The van der Waals surface area contributed by atoms with Crippen LogP contribution in [-0.4, -0.2) is 24.0 Å². The third-order valence-electron chi connectivity index (χ3n) is 6.25. The van der Waals surface area contributed by atoms with E-state index in [4.69, 9.17) is 5.73 Å². The van der Waals surface area contributed by atoms with Crippen molar-refractivity contribution >= 4 is 11.9 Å². The second-order valence-electron chi connectivity index (χ2n) is 8.18. The fourth-order valence-corrected chi connectivity index (χ4v) is 4.88. The molecule has 22 heavy (non-hydrogen) atoms. The molecule has 3 fully saturated rings. The molecule has 0 saturated heterocycles. The Hall–Kier alpha value is -1.26. The Balaban J connectivity index is 1.65. The molecular formula is C17H29N3O2. The highest BCUT2D eigenvalue weighted by atomic mass is 16.2. The second kappa shape index (κ2) is 5.74. The third kappa shape index (κ3) is 2.95. The van der Waals surface area contributed by atoms with Crippen LogP contribution in [-0.2, 0) is 4.79 Å². The third-order valence-corrected chi connectivity index (χ3v) is 6.25. The predicted octanol–water partition coefficient (Wildman–Crippen LogP) is 2.15. The van der Waals surface area contributed by atoms with E-state index in [1.807, 2.05) is 6.92 Å². The molecule has 0 aromatic carbocycles. The molecule has 5 atom stereocenters. The molecule has 3 amide bonds. The first kappa shape index (κ1) is 15.6.